The smallest absolute Gasteiger partial charge is 0.351 e. The third-order valence-corrected chi connectivity index (χ3v) is 6.74. The Morgan fingerprint density at radius 2 is 1.44 bits per heavy atom. The summed E-state index contributed by atoms with van der Waals surface area (Å²) in [5, 5.41) is 2.22. The predicted octanol–water partition coefficient (Wildman–Crippen LogP) is 4.34. The Morgan fingerprint density at radius 1 is 0.907 bits per heavy atom. The Kier molecular flexibility index (Phi) is 8.39. The Bertz CT molecular complexity index is 1680. The molecule has 10 nitrogen and oxygen atoms in total. The van der Waals surface area contributed by atoms with Crippen LogP contribution in [0.3, 0.4) is 0 Å². The molecule has 0 spiro atoms. The van der Waals surface area contributed by atoms with E-state index in [0.717, 1.165) is 6.92 Å². The minimum absolute atomic E-state index is 0.116. The first-order valence-corrected chi connectivity index (χ1v) is 13.1. The predicted molar refractivity (Wildman–Crippen MR) is 149 cm³/mol. The third-order valence-electron chi connectivity index (χ3n) is 6.74. The highest BCUT2D eigenvalue weighted by atomic mass is 19.1. The molecule has 0 aliphatic carbocycles. The van der Waals surface area contributed by atoms with Crippen LogP contribution in [0.5, 0.6) is 0 Å². The lowest BCUT2D eigenvalue weighted by atomic mass is 9.98. The van der Waals surface area contributed by atoms with Crippen molar-refractivity contribution < 1.29 is 37.4 Å². The maximum atomic E-state index is 16.5. The summed E-state index contributed by atoms with van der Waals surface area (Å²) in [5.74, 6) is -4.18. The molecular formula is C31H25F2N3O7. The summed E-state index contributed by atoms with van der Waals surface area (Å²) in [4.78, 5) is 54.5. The number of alkyl halides is 1. The van der Waals surface area contributed by atoms with Crippen LogP contribution in [0.2, 0.25) is 0 Å². The van der Waals surface area contributed by atoms with Gasteiger partial charge < -0.3 is 19.5 Å². The number of carbonyl (C=O) groups excluding carboxylic acids is 3. The van der Waals surface area contributed by atoms with Gasteiger partial charge in [-0.05, 0) is 43.3 Å². The van der Waals surface area contributed by atoms with E-state index in [0.29, 0.717) is 10.8 Å². The molecule has 0 saturated carbocycles. The molecule has 1 saturated heterocycles. The molecule has 220 valence electrons. The molecule has 5 rings (SSSR count). The highest BCUT2D eigenvalue weighted by molar-refractivity contribution is 6.03. The van der Waals surface area contributed by atoms with Crippen molar-refractivity contribution >= 4 is 23.7 Å². The maximum Gasteiger partial charge on any atom is 0.351 e. The van der Waals surface area contributed by atoms with Crippen molar-refractivity contribution in [2.75, 3.05) is 11.9 Å². The topological polar surface area (TPSA) is 126 Å². The van der Waals surface area contributed by atoms with Gasteiger partial charge in [-0.2, -0.15) is 4.98 Å². The molecule has 1 fully saturated rings. The highest BCUT2D eigenvalue weighted by Crippen LogP contribution is 2.43. The molecule has 0 radical (unpaired) electrons. The van der Waals surface area contributed by atoms with Crippen LogP contribution in [-0.2, 0) is 14.2 Å². The van der Waals surface area contributed by atoms with Crippen molar-refractivity contribution in [1.82, 2.24) is 9.55 Å². The number of benzene rings is 3. The third kappa shape index (κ3) is 6.33. The van der Waals surface area contributed by atoms with E-state index in [1.165, 1.54) is 36.4 Å². The average Bonchev–Trinajstić information content (AvgIpc) is 3.27. The minimum Gasteiger partial charge on any atom is -0.459 e. The van der Waals surface area contributed by atoms with Gasteiger partial charge in [0, 0.05) is 5.56 Å². The molecule has 0 bridgehead atoms. The van der Waals surface area contributed by atoms with Gasteiger partial charge in [0.1, 0.15) is 12.7 Å². The van der Waals surface area contributed by atoms with Gasteiger partial charge in [0.25, 0.3) is 5.91 Å². The lowest BCUT2D eigenvalue weighted by Crippen LogP contribution is -2.46. The quantitative estimate of drug-likeness (QED) is 0.301. The van der Waals surface area contributed by atoms with Gasteiger partial charge in [-0.1, -0.05) is 54.6 Å². The van der Waals surface area contributed by atoms with E-state index >= 15 is 8.78 Å². The van der Waals surface area contributed by atoms with E-state index in [4.69, 9.17) is 14.2 Å². The van der Waals surface area contributed by atoms with Crippen LogP contribution in [-0.4, -0.2) is 51.9 Å². The van der Waals surface area contributed by atoms with Crippen molar-refractivity contribution in [3.63, 3.8) is 0 Å². The molecular weight excluding hydrogens is 564 g/mol. The molecule has 12 heteroatoms. The monoisotopic (exact) mass is 589 g/mol. The Hall–Kier alpha value is -5.23. The van der Waals surface area contributed by atoms with Crippen LogP contribution in [0, 0.1) is 5.82 Å². The van der Waals surface area contributed by atoms with Crippen molar-refractivity contribution in [1.29, 1.82) is 0 Å². The standard InChI is InChI=1S/C31H25F2N3O7/c1-31(33)24(43-28(39)21-15-9-4-10-16-21)23(18-41-27(38)20-13-7-3-8-14-20)42-29(31)36-17-22(32)25(35-30(36)40)34-26(37)19-11-5-2-6-12-19/h2-17,23-24,29H,18H2,1H3,(H,34,35,37,40)/t23-,24?,29-,31-/m1/s1. The first-order chi connectivity index (χ1) is 20.6. The molecule has 1 aliphatic heterocycles. The van der Waals surface area contributed by atoms with Gasteiger partial charge in [-0.25, -0.2) is 23.2 Å². The number of ether oxygens (including phenoxy) is 3. The summed E-state index contributed by atoms with van der Waals surface area (Å²) < 4.78 is 48.8. The van der Waals surface area contributed by atoms with Crippen molar-refractivity contribution in [2.24, 2.45) is 0 Å². The van der Waals surface area contributed by atoms with Crippen LogP contribution in [0.4, 0.5) is 14.6 Å². The van der Waals surface area contributed by atoms with E-state index in [-0.39, 0.29) is 16.7 Å². The lowest BCUT2D eigenvalue weighted by Gasteiger charge is -2.27. The molecule has 1 aliphatic rings. The zero-order chi connectivity index (χ0) is 30.6. The molecule has 4 atom stereocenters. The number of carbonyl (C=O) groups is 3. The first-order valence-electron chi connectivity index (χ1n) is 13.1. The van der Waals surface area contributed by atoms with Gasteiger partial charge >= 0.3 is 17.6 Å². The number of rotatable bonds is 8. The highest BCUT2D eigenvalue weighted by Gasteiger charge is 2.58. The number of nitrogens with zero attached hydrogens (tertiary/aromatic N) is 2. The summed E-state index contributed by atoms with van der Waals surface area (Å²) in [5.41, 5.74) is -3.27. The second-order valence-electron chi connectivity index (χ2n) is 9.78. The number of aromatic nitrogens is 2. The van der Waals surface area contributed by atoms with Gasteiger partial charge in [-0.15, -0.1) is 0 Å². The summed E-state index contributed by atoms with van der Waals surface area (Å²) in [7, 11) is 0. The Morgan fingerprint density at radius 3 is 2.02 bits per heavy atom. The number of nitrogens with one attached hydrogen (secondary N) is 1. The van der Waals surface area contributed by atoms with Crippen LogP contribution in [0.1, 0.15) is 44.2 Å². The normalized spacial score (nSPS) is 21.1. The van der Waals surface area contributed by atoms with Crippen LogP contribution >= 0.6 is 0 Å². The summed E-state index contributed by atoms with van der Waals surface area (Å²) in [6.07, 6.45) is -4.31. The number of hydrogen-bond donors (Lipinski definition) is 1. The molecule has 2 heterocycles. The lowest BCUT2D eigenvalue weighted by molar-refractivity contribution is -0.0651. The van der Waals surface area contributed by atoms with Gasteiger partial charge in [0.15, 0.2) is 29.6 Å². The largest absolute Gasteiger partial charge is 0.459 e. The van der Waals surface area contributed by atoms with Gasteiger partial charge in [-0.3, -0.25) is 9.36 Å². The Balaban J connectivity index is 1.42. The summed E-state index contributed by atoms with van der Waals surface area (Å²) >= 11 is 0. The van der Waals surface area contributed by atoms with E-state index in [1.807, 2.05) is 0 Å². The van der Waals surface area contributed by atoms with Crippen LogP contribution in [0.15, 0.2) is 102 Å². The maximum absolute atomic E-state index is 16.5. The van der Waals surface area contributed by atoms with Crippen molar-refractivity contribution in [3.8, 4) is 0 Å². The molecule has 1 N–H and O–H groups in total. The van der Waals surface area contributed by atoms with E-state index in [1.54, 1.807) is 54.6 Å². The molecule has 1 aromatic heterocycles. The summed E-state index contributed by atoms with van der Waals surface area (Å²) in [6, 6.07) is 23.6. The Labute approximate surface area is 243 Å². The van der Waals surface area contributed by atoms with Gasteiger partial charge in [0.2, 0.25) is 0 Å². The number of halogens is 2. The fourth-order valence-corrected chi connectivity index (χ4v) is 4.57. The van der Waals surface area contributed by atoms with Gasteiger partial charge in [0.05, 0.1) is 17.3 Å². The molecule has 4 aromatic rings. The van der Waals surface area contributed by atoms with E-state index in [9.17, 15) is 19.2 Å². The van der Waals surface area contributed by atoms with E-state index in [2.05, 4.69) is 10.3 Å². The number of esters is 2. The van der Waals surface area contributed by atoms with Crippen LogP contribution < -0.4 is 11.0 Å². The fraction of sp³-hybridized carbons (Fsp3) is 0.194. The second-order valence-corrected chi connectivity index (χ2v) is 9.78. The average molecular weight is 590 g/mol. The van der Waals surface area contributed by atoms with Crippen molar-refractivity contribution in [2.45, 2.75) is 31.0 Å². The van der Waals surface area contributed by atoms with E-state index < -0.39 is 65.9 Å². The summed E-state index contributed by atoms with van der Waals surface area (Å²) in [6.45, 7) is 0.446. The fourth-order valence-electron chi connectivity index (χ4n) is 4.57. The molecule has 1 unspecified atom stereocenters. The second kappa shape index (κ2) is 12.3. The minimum atomic E-state index is -2.64. The molecule has 43 heavy (non-hydrogen) atoms. The van der Waals surface area contributed by atoms with Crippen molar-refractivity contribution in [3.05, 3.63) is 130 Å². The zero-order valence-corrected chi connectivity index (χ0v) is 22.7. The SMILES string of the molecule is C[C@@]1(F)C(OC(=O)c2ccccc2)[C@@H](COC(=O)c2ccccc2)O[C@H]1n1cc(F)c(NC(=O)c2ccccc2)nc1=O. The zero-order valence-electron chi connectivity index (χ0n) is 22.7. The molecule has 1 amide bonds. The number of anilines is 1. The number of hydrogen-bond acceptors (Lipinski definition) is 8. The molecule has 3 aromatic carbocycles. The first kappa shape index (κ1) is 29.3. The number of amides is 1. The van der Waals surface area contributed by atoms with Crippen LogP contribution in [0.25, 0.3) is 0 Å².